The number of carbonyl (C=O) groups is 1. The number of nitriles is 1. The summed E-state index contributed by atoms with van der Waals surface area (Å²) in [5.74, 6) is 1.09. The third-order valence-electron chi connectivity index (χ3n) is 4.87. The van der Waals surface area contributed by atoms with Crippen LogP contribution in [0, 0.1) is 11.3 Å². The van der Waals surface area contributed by atoms with Crippen molar-refractivity contribution in [1.29, 1.82) is 5.26 Å². The smallest absolute Gasteiger partial charge is 0.262 e. The van der Waals surface area contributed by atoms with Crippen molar-refractivity contribution in [2.75, 3.05) is 18.0 Å². The van der Waals surface area contributed by atoms with Gasteiger partial charge in [0.05, 0.1) is 0 Å². The minimum atomic E-state index is -0.291. The highest BCUT2D eigenvalue weighted by Gasteiger charge is 2.19. The van der Waals surface area contributed by atoms with E-state index in [-0.39, 0.29) is 17.5 Å². The van der Waals surface area contributed by atoms with Gasteiger partial charge in [0.25, 0.3) is 5.91 Å². The van der Waals surface area contributed by atoms with E-state index in [1.807, 2.05) is 18.2 Å². The fraction of sp³-hybridized carbons (Fsp3) is 0.579. The Bertz CT molecular complexity index is 629. The number of furan rings is 1. The van der Waals surface area contributed by atoms with Crippen LogP contribution in [0.15, 0.2) is 22.1 Å². The number of hydrogen-bond acceptors (Lipinski definition) is 4. The summed E-state index contributed by atoms with van der Waals surface area (Å²) in [5, 5.41) is 12.3. The lowest BCUT2D eigenvalue weighted by atomic mass is 9.95. The first-order valence-corrected chi connectivity index (χ1v) is 9.04. The third-order valence-corrected chi connectivity index (χ3v) is 4.87. The fourth-order valence-corrected chi connectivity index (χ4v) is 3.50. The van der Waals surface area contributed by atoms with E-state index in [0.29, 0.717) is 5.76 Å². The molecule has 24 heavy (non-hydrogen) atoms. The van der Waals surface area contributed by atoms with Gasteiger partial charge in [-0.2, -0.15) is 5.26 Å². The summed E-state index contributed by atoms with van der Waals surface area (Å²) in [4.78, 5) is 14.5. The van der Waals surface area contributed by atoms with Gasteiger partial charge < -0.3 is 14.6 Å². The van der Waals surface area contributed by atoms with E-state index in [1.54, 1.807) is 6.08 Å². The van der Waals surface area contributed by atoms with E-state index < -0.39 is 0 Å². The van der Waals surface area contributed by atoms with Crippen LogP contribution in [0.2, 0.25) is 0 Å². The van der Waals surface area contributed by atoms with E-state index in [9.17, 15) is 10.1 Å². The maximum atomic E-state index is 12.3. The molecule has 0 aromatic carbocycles. The number of carbonyl (C=O) groups excluding carboxylic acids is 1. The minimum Gasteiger partial charge on any atom is -0.441 e. The lowest BCUT2D eigenvalue weighted by Crippen LogP contribution is -2.36. The Kier molecular flexibility index (Phi) is 5.58. The monoisotopic (exact) mass is 327 g/mol. The zero-order valence-corrected chi connectivity index (χ0v) is 14.1. The zero-order valence-electron chi connectivity index (χ0n) is 14.1. The molecule has 1 aliphatic heterocycles. The Morgan fingerprint density at radius 2 is 1.88 bits per heavy atom. The molecule has 1 amide bonds. The van der Waals surface area contributed by atoms with Gasteiger partial charge in [0.1, 0.15) is 17.4 Å². The summed E-state index contributed by atoms with van der Waals surface area (Å²) in [6.45, 7) is 2.01. The molecule has 1 saturated heterocycles. The van der Waals surface area contributed by atoms with Crippen molar-refractivity contribution in [2.45, 2.75) is 57.4 Å². The van der Waals surface area contributed by atoms with Gasteiger partial charge in [0.2, 0.25) is 0 Å². The van der Waals surface area contributed by atoms with Gasteiger partial charge >= 0.3 is 0 Å². The lowest BCUT2D eigenvalue weighted by molar-refractivity contribution is -0.117. The molecule has 2 fully saturated rings. The summed E-state index contributed by atoms with van der Waals surface area (Å²) in [6, 6.07) is 5.95. The molecule has 1 N–H and O–H groups in total. The second-order valence-corrected chi connectivity index (χ2v) is 6.70. The summed E-state index contributed by atoms with van der Waals surface area (Å²) in [7, 11) is 0. The molecule has 3 rings (SSSR count). The number of rotatable bonds is 4. The molecule has 128 valence electrons. The molecule has 2 heterocycles. The summed E-state index contributed by atoms with van der Waals surface area (Å²) in [6.07, 6.45) is 10.7. The van der Waals surface area contributed by atoms with Crippen LogP contribution >= 0.6 is 0 Å². The second kappa shape index (κ2) is 8.05. The molecule has 0 spiro atoms. The van der Waals surface area contributed by atoms with Crippen LogP contribution in [-0.4, -0.2) is 25.0 Å². The molecule has 1 aromatic rings. The maximum Gasteiger partial charge on any atom is 0.262 e. The Hall–Kier alpha value is -2.22. The van der Waals surface area contributed by atoms with Crippen molar-refractivity contribution < 1.29 is 9.21 Å². The summed E-state index contributed by atoms with van der Waals surface area (Å²) in [5.41, 5.74) is 0.111. The first-order chi connectivity index (χ1) is 11.8. The van der Waals surface area contributed by atoms with Gasteiger partial charge in [-0.15, -0.1) is 0 Å². The first kappa shape index (κ1) is 16.6. The quantitative estimate of drug-likeness (QED) is 0.677. The van der Waals surface area contributed by atoms with Crippen LogP contribution in [0.1, 0.15) is 57.1 Å². The van der Waals surface area contributed by atoms with Crippen molar-refractivity contribution in [3.63, 3.8) is 0 Å². The predicted octanol–water partition coefficient (Wildman–Crippen LogP) is 3.63. The fourth-order valence-electron chi connectivity index (χ4n) is 3.50. The van der Waals surface area contributed by atoms with Crippen LogP contribution in [0.25, 0.3) is 6.08 Å². The summed E-state index contributed by atoms with van der Waals surface area (Å²) < 4.78 is 5.81. The molecule has 0 bridgehead atoms. The predicted molar refractivity (Wildman–Crippen MR) is 93.4 cm³/mol. The molecular formula is C19H25N3O2. The molecule has 2 aliphatic rings. The van der Waals surface area contributed by atoms with E-state index in [0.717, 1.165) is 44.7 Å². The van der Waals surface area contributed by atoms with E-state index in [4.69, 9.17) is 4.42 Å². The van der Waals surface area contributed by atoms with Crippen molar-refractivity contribution in [1.82, 2.24) is 5.32 Å². The number of piperidine rings is 1. The van der Waals surface area contributed by atoms with Crippen LogP contribution in [0.4, 0.5) is 5.88 Å². The minimum absolute atomic E-state index is 0.111. The van der Waals surface area contributed by atoms with E-state index >= 15 is 0 Å². The highest BCUT2D eigenvalue weighted by Crippen LogP contribution is 2.24. The highest BCUT2D eigenvalue weighted by atomic mass is 16.4. The normalized spacial score (nSPS) is 19.8. The average molecular weight is 327 g/mol. The van der Waals surface area contributed by atoms with Crippen molar-refractivity contribution in [3.05, 3.63) is 23.5 Å². The average Bonchev–Trinajstić information content (AvgIpc) is 3.10. The number of hydrogen-bond donors (Lipinski definition) is 1. The highest BCUT2D eigenvalue weighted by molar-refractivity contribution is 6.01. The van der Waals surface area contributed by atoms with Gasteiger partial charge in [0.15, 0.2) is 5.88 Å². The molecule has 0 atom stereocenters. The van der Waals surface area contributed by atoms with Crippen LogP contribution in [-0.2, 0) is 4.79 Å². The Labute approximate surface area is 143 Å². The lowest BCUT2D eigenvalue weighted by Gasteiger charge is -2.25. The van der Waals surface area contributed by atoms with Gasteiger partial charge in [0, 0.05) is 31.3 Å². The number of anilines is 1. The Morgan fingerprint density at radius 3 is 2.58 bits per heavy atom. The molecular weight excluding hydrogens is 302 g/mol. The largest absolute Gasteiger partial charge is 0.441 e. The zero-order chi connectivity index (χ0) is 16.8. The van der Waals surface area contributed by atoms with E-state index in [2.05, 4.69) is 10.2 Å². The maximum absolute atomic E-state index is 12.3. The first-order valence-electron chi connectivity index (χ1n) is 9.04. The Morgan fingerprint density at radius 1 is 1.17 bits per heavy atom. The van der Waals surface area contributed by atoms with Crippen molar-refractivity contribution >= 4 is 17.9 Å². The van der Waals surface area contributed by atoms with Gasteiger partial charge in [-0.25, -0.2) is 0 Å². The van der Waals surface area contributed by atoms with Gasteiger partial charge in [-0.05, 0) is 38.2 Å². The standard InChI is InChI=1S/C19H25N3O2/c20-14-15(19(23)21-16-7-3-1-4-8-16)13-17-9-10-18(24-17)22-11-5-2-6-12-22/h9-10,13,16H,1-8,11-12H2,(H,21,23)/b15-13+. The van der Waals surface area contributed by atoms with Crippen molar-refractivity contribution in [2.24, 2.45) is 0 Å². The van der Waals surface area contributed by atoms with E-state index in [1.165, 1.54) is 25.7 Å². The van der Waals surface area contributed by atoms with Crippen molar-refractivity contribution in [3.8, 4) is 6.07 Å². The SMILES string of the molecule is N#C/C(=C\c1ccc(N2CCCCC2)o1)C(=O)NC1CCCCC1. The van der Waals surface area contributed by atoms with Crippen LogP contribution in [0.3, 0.4) is 0 Å². The molecule has 1 aliphatic carbocycles. The molecule has 0 radical (unpaired) electrons. The second-order valence-electron chi connectivity index (χ2n) is 6.70. The number of amides is 1. The molecule has 1 saturated carbocycles. The third kappa shape index (κ3) is 4.19. The molecule has 5 nitrogen and oxygen atoms in total. The topological polar surface area (TPSA) is 69.3 Å². The Balaban J connectivity index is 1.65. The number of nitrogens with one attached hydrogen (secondary N) is 1. The molecule has 1 aromatic heterocycles. The number of nitrogens with zero attached hydrogens (tertiary/aromatic N) is 2. The molecule has 5 heteroatoms. The molecule has 0 unspecified atom stereocenters. The summed E-state index contributed by atoms with van der Waals surface area (Å²) >= 11 is 0. The van der Waals surface area contributed by atoms with Gasteiger partial charge in [-0.3, -0.25) is 4.79 Å². The van der Waals surface area contributed by atoms with Crippen LogP contribution in [0.5, 0.6) is 0 Å². The van der Waals surface area contributed by atoms with Gasteiger partial charge in [-0.1, -0.05) is 19.3 Å². The van der Waals surface area contributed by atoms with Crippen LogP contribution < -0.4 is 10.2 Å².